The van der Waals surface area contributed by atoms with E-state index in [0.717, 1.165) is 11.3 Å². The molecule has 1 aromatic carbocycles. The predicted octanol–water partition coefficient (Wildman–Crippen LogP) is 0.179. The van der Waals surface area contributed by atoms with Gasteiger partial charge >= 0.3 is 5.97 Å². The minimum atomic E-state index is -4.12. The number of nitrogens with zero attached hydrogens (tertiary/aromatic N) is 1. The average Bonchev–Trinajstić information content (AvgIpc) is 3.13. The lowest BCUT2D eigenvalue weighted by Gasteiger charge is -2.09. The van der Waals surface area contributed by atoms with Crippen molar-refractivity contribution in [1.29, 1.82) is 5.26 Å². The second kappa shape index (κ2) is 9.09. The summed E-state index contributed by atoms with van der Waals surface area (Å²) >= 11 is 1.06. The van der Waals surface area contributed by atoms with Crippen molar-refractivity contribution in [3.05, 3.63) is 46.8 Å². The zero-order chi connectivity index (χ0) is 20.7. The highest BCUT2D eigenvalue weighted by atomic mass is 32.2. The zero-order valence-electron chi connectivity index (χ0n) is 14.2. The van der Waals surface area contributed by atoms with Crippen molar-refractivity contribution in [2.75, 3.05) is 18.5 Å². The molecule has 0 aliphatic heterocycles. The van der Waals surface area contributed by atoms with E-state index in [1.165, 1.54) is 30.3 Å². The van der Waals surface area contributed by atoms with Crippen molar-refractivity contribution >= 4 is 44.1 Å². The Hall–Kier alpha value is -3.27. The highest BCUT2D eigenvalue weighted by Crippen LogP contribution is 2.22. The number of ether oxygens (including phenoxy) is 1. The molecule has 1 aromatic heterocycles. The van der Waals surface area contributed by atoms with E-state index in [0.29, 0.717) is 0 Å². The van der Waals surface area contributed by atoms with Crippen LogP contribution < -0.4 is 15.8 Å². The van der Waals surface area contributed by atoms with Crippen LogP contribution >= 0.6 is 11.3 Å². The number of hydrogen-bond donors (Lipinski definition) is 3. The molecule has 0 aliphatic carbocycles. The van der Waals surface area contributed by atoms with Gasteiger partial charge in [-0.05, 0) is 23.6 Å². The number of rotatable bonds is 8. The van der Waals surface area contributed by atoms with Crippen LogP contribution in [0, 0.1) is 11.3 Å². The summed E-state index contributed by atoms with van der Waals surface area (Å²) in [6.07, 6.45) is 0. The summed E-state index contributed by atoms with van der Waals surface area (Å²) in [5, 5.41) is 13.1. The van der Waals surface area contributed by atoms with E-state index in [4.69, 9.17) is 11.0 Å². The van der Waals surface area contributed by atoms with Crippen LogP contribution in [0.5, 0.6) is 0 Å². The molecule has 2 aromatic rings. The predicted molar refractivity (Wildman–Crippen MR) is 98.8 cm³/mol. The molecule has 0 aliphatic rings. The maximum Gasteiger partial charge on any atom is 0.321 e. The third-order valence-corrected chi connectivity index (χ3v) is 5.54. The molecule has 0 spiro atoms. The van der Waals surface area contributed by atoms with Crippen molar-refractivity contribution in [2.45, 2.75) is 4.90 Å². The molecule has 2 amide bonds. The van der Waals surface area contributed by atoms with Gasteiger partial charge in [-0.3, -0.25) is 14.4 Å². The molecule has 12 heteroatoms. The number of amides is 2. The Morgan fingerprint density at radius 2 is 1.93 bits per heavy atom. The number of carbonyl (C=O) groups is 3. The number of anilines is 1. The van der Waals surface area contributed by atoms with E-state index in [2.05, 4.69) is 10.1 Å². The van der Waals surface area contributed by atoms with Crippen LogP contribution in [-0.4, -0.2) is 39.4 Å². The lowest BCUT2D eigenvalue weighted by Crippen LogP contribution is -2.32. The maximum absolute atomic E-state index is 12.2. The summed E-state index contributed by atoms with van der Waals surface area (Å²) in [5.74, 6) is -2.45. The number of primary amides is 1. The van der Waals surface area contributed by atoms with Gasteiger partial charge in [0.25, 0.3) is 11.8 Å². The zero-order valence-corrected chi connectivity index (χ0v) is 15.8. The van der Waals surface area contributed by atoms with Gasteiger partial charge < -0.3 is 15.8 Å². The number of sulfonamides is 1. The molecule has 0 radical (unpaired) electrons. The molecular weight excluding hydrogens is 408 g/mol. The van der Waals surface area contributed by atoms with E-state index in [1.807, 2.05) is 4.72 Å². The first-order chi connectivity index (χ1) is 13.2. The Kier molecular flexibility index (Phi) is 6.83. The van der Waals surface area contributed by atoms with Crippen molar-refractivity contribution in [2.24, 2.45) is 5.73 Å². The summed E-state index contributed by atoms with van der Waals surface area (Å²) < 4.78 is 31.0. The molecule has 10 nitrogen and oxygen atoms in total. The quantitative estimate of drug-likeness (QED) is 0.510. The van der Waals surface area contributed by atoms with Crippen molar-refractivity contribution in [3.8, 4) is 6.07 Å². The molecule has 146 valence electrons. The van der Waals surface area contributed by atoms with Crippen LogP contribution in [0.1, 0.15) is 15.9 Å². The normalized spacial score (nSPS) is 10.7. The lowest BCUT2D eigenvalue weighted by atomic mass is 10.2. The Bertz CT molecular complexity index is 1060. The molecule has 0 atom stereocenters. The van der Waals surface area contributed by atoms with Crippen molar-refractivity contribution in [3.63, 3.8) is 0 Å². The molecule has 1 heterocycles. The molecule has 0 saturated heterocycles. The maximum atomic E-state index is 12.2. The summed E-state index contributed by atoms with van der Waals surface area (Å²) in [6, 6.07) is 8.65. The first-order valence-electron chi connectivity index (χ1n) is 7.56. The van der Waals surface area contributed by atoms with Gasteiger partial charge in [0.05, 0.1) is 16.0 Å². The first-order valence-corrected chi connectivity index (χ1v) is 9.92. The summed E-state index contributed by atoms with van der Waals surface area (Å²) in [7, 11) is -4.12. The van der Waals surface area contributed by atoms with Crippen LogP contribution in [0.3, 0.4) is 0 Å². The summed E-state index contributed by atoms with van der Waals surface area (Å²) in [5.41, 5.74) is 5.19. The third-order valence-electron chi connectivity index (χ3n) is 3.25. The molecule has 2 rings (SSSR count). The number of thiophene rings is 1. The largest absolute Gasteiger partial charge is 0.455 e. The molecule has 28 heavy (non-hydrogen) atoms. The topological polar surface area (TPSA) is 168 Å². The van der Waals surface area contributed by atoms with E-state index in [-0.39, 0.29) is 21.0 Å². The number of nitriles is 1. The first kappa shape index (κ1) is 21.0. The second-order valence-corrected chi connectivity index (χ2v) is 7.82. The van der Waals surface area contributed by atoms with Gasteiger partial charge in [-0.2, -0.15) is 9.98 Å². The van der Waals surface area contributed by atoms with E-state index in [1.54, 1.807) is 11.4 Å². The Morgan fingerprint density at radius 1 is 1.21 bits per heavy atom. The Labute approximate surface area is 164 Å². The van der Waals surface area contributed by atoms with Gasteiger partial charge in [0, 0.05) is 0 Å². The van der Waals surface area contributed by atoms with Crippen LogP contribution in [0.4, 0.5) is 5.00 Å². The minimum Gasteiger partial charge on any atom is -0.455 e. The number of nitrogens with one attached hydrogen (secondary N) is 2. The van der Waals surface area contributed by atoms with Crippen LogP contribution in [0.15, 0.2) is 40.6 Å². The molecule has 0 unspecified atom stereocenters. The number of carbonyl (C=O) groups excluding carboxylic acids is 3. The fourth-order valence-electron chi connectivity index (χ4n) is 1.98. The van der Waals surface area contributed by atoms with Gasteiger partial charge in [-0.15, -0.1) is 11.3 Å². The average molecular weight is 422 g/mol. The SMILES string of the molecule is N#Cc1ccccc1S(=O)(=O)NCC(=O)OCC(=O)Nc1sccc1C(N)=O. The molecule has 4 N–H and O–H groups in total. The number of esters is 1. The Balaban J connectivity index is 1.87. The number of nitrogens with two attached hydrogens (primary N) is 1. The molecule has 0 fully saturated rings. The standard InChI is InChI=1S/C16H14N4O6S2/c17-7-10-3-1-2-4-12(10)28(24,25)19-8-14(22)26-9-13(21)20-16-11(15(18)23)5-6-27-16/h1-6,19H,8-9H2,(H2,18,23)(H,20,21). The van der Waals surface area contributed by atoms with Gasteiger partial charge in [0.15, 0.2) is 6.61 Å². The van der Waals surface area contributed by atoms with Crippen molar-refractivity contribution < 1.29 is 27.5 Å². The molecule has 0 bridgehead atoms. The molecular formula is C16H14N4O6S2. The second-order valence-electron chi connectivity index (χ2n) is 5.17. The fraction of sp³-hybridized carbons (Fsp3) is 0.125. The fourth-order valence-corrected chi connectivity index (χ4v) is 3.92. The van der Waals surface area contributed by atoms with E-state index >= 15 is 0 Å². The van der Waals surface area contributed by atoms with E-state index in [9.17, 15) is 22.8 Å². The highest BCUT2D eigenvalue weighted by Gasteiger charge is 2.20. The number of benzene rings is 1. The summed E-state index contributed by atoms with van der Waals surface area (Å²) in [4.78, 5) is 34.4. The smallest absolute Gasteiger partial charge is 0.321 e. The monoisotopic (exact) mass is 422 g/mol. The van der Waals surface area contributed by atoms with E-state index < -0.39 is 41.0 Å². The Morgan fingerprint density at radius 3 is 2.61 bits per heavy atom. The van der Waals surface area contributed by atoms with Crippen LogP contribution in [-0.2, 0) is 24.3 Å². The number of hydrogen-bond acceptors (Lipinski definition) is 8. The van der Waals surface area contributed by atoms with Gasteiger partial charge in [0.1, 0.15) is 17.6 Å². The summed E-state index contributed by atoms with van der Waals surface area (Å²) in [6.45, 7) is -1.42. The van der Waals surface area contributed by atoms with Gasteiger partial charge in [-0.1, -0.05) is 12.1 Å². The van der Waals surface area contributed by atoms with Crippen LogP contribution in [0.25, 0.3) is 0 Å². The lowest BCUT2D eigenvalue weighted by molar-refractivity contribution is -0.146. The molecule has 0 saturated carbocycles. The van der Waals surface area contributed by atoms with Crippen molar-refractivity contribution in [1.82, 2.24) is 4.72 Å². The third kappa shape index (κ3) is 5.36. The van der Waals surface area contributed by atoms with Gasteiger partial charge in [0.2, 0.25) is 10.0 Å². The highest BCUT2D eigenvalue weighted by molar-refractivity contribution is 7.89. The van der Waals surface area contributed by atoms with Gasteiger partial charge in [-0.25, -0.2) is 8.42 Å². The van der Waals surface area contributed by atoms with Crippen LogP contribution in [0.2, 0.25) is 0 Å². The minimum absolute atomic E-state index is 0.0797.